The second-order valence-corrected chi connectivity index (χ2v) is 5.82. The lowest BCUT2D eigenvalue weighted by Crippen LogP contribution is -2.49. The molecule has 0 aromatic heterocycles. The maximum Gasteiger partial charge on any atom is 0.328 e. The Kier molecular flexibility index (Phi) is 5.37. The summed E-state index contributed by atoms with van der Waals surface area (Å²) in [4.78, 5) is 14.4. The Bertz CT molecular complexity index is 463. The van der Waals surface area contributed by atoms with Crippen LogP contribution in [-0.4, -0.2) is 42.2 Å². The molecule has 0 saturated carbocycles. The molecule has 1 aromatic carbocycles. The summed E-state index contributed by atoms with van der Waals surface area (Å²) in [5, 5.41) is 12.9. The molecule has 21 heavy (non-hydrogen) atoms. The normalized spacial score (nSPS) is 22.1. The molecule has 1 aromatic rings. The summed E-state index contributed by atoms with van der Waals surface area (Å²) in [6.07, 6.45) is 4.19. The molecule has 1 fully saturated rings. The number of carboxylic acid groups (broad SMARTS) is 1. The minimum absolute atomic E-state index is 0.583. The Labute approximate surface area is 127 Å². The molecular formula is C17H26N2O2. The highest BCUT2D eigenvalue weighted by Gasteiger charge is 2.39. The van der Waals surface area contributed by atoms with Crippen molar-refractivity contribution in [1.29, 1.82) is 0 Å². The molecule has 2 atom stereocenters. The van der Waals surface area contributed by atoms with Crippen molar-refractivity contribution >= 4 is 5.97 Å². The number of aliphatic carboxylic acids is 1. The van der Waals surface area contributed by atoms with Crippen LogP contribution in [-0.2, 0) is 10.3 Å². The van der Waals surface area contributed by atoms with Crippen LogP contribution in [0.15, 0.2) is 30.3 Å². The summed E-state index contributed by atoms with van der Waals surface area (Å²) in [5.74, 6) is -0.802. The summed E-state index contributed by atoms with van der Waals surface area (Å²) in [7, 11) is 1.74. The van der Waals surface area contributed by atoms with Crippen molar-refractivity contribution in [2.45, 2.75) is 44.2 Å². The number of hydrogen-bond acceptors (Lipinski definition) is 3. The number of hydrogen-bond donors (Lipinski definition) is 2. The van der Waals surface area contributed by atoms with Gasteiger partial charge in [0.25, 0.3) is 0 Å². The van der Waals surface area contributed by atoms with Gasteiger partial charge in [-0.25, -0.2) is 4.79 Å². The number of likely N-dealkylation sites (N-methyl/N-ethyl adjacent to an activating group) is 1. The highest BCUT2D eigenvalue weighted by Crippen LogP contribution is 2.28. The van der Waals surface area contributed by atoms with Crippen LogP contribution in [0, 0.1) is 0 Å². The van der Waals surface area contributed by atoms with Crippen LogP contribution in [0.2, 0.25) is 0 Å². The summed E-state index contributed by atoms with van der Waals surface area (Å²) in [6, 6.07) is 10.1. The minimum atomic E-state index is -0.998. The van der Waals surface area contributed by atoms with Crippen molar-refractivity contribution in [1.82, 2.24) is 10.2 Å². The monoisotopic (exact) mass is 290 g/mol. The van der Waals surface area contributed by atoms with Crippen LogP contribution >= 0.6 is 0 Å². The Morgan fingerprint density at radius 3 is 2.71 bits per heavy atom. The minimum Gasteiger partial charge on any atom is -0.480 e. The van der Waals surface area contributed by atoms with Crippen LogP contribution in [0.1, 0.15) is 38.2 Å². The van der Waals surface area contributed by atoms with Gasteiger partial charge >= 0.3 is 5.97 Å². The van der Waals surface area contributed by atoms with Gasteiger partial charge < -0.3 is 15.3 Å². The molecule has 0 radical (unpaired) electrons. The second-order valence-electron chi connectivity index (χ2n) is 5.82. The van der Waals surface area contributed by atoms with Crippen molar-refractivity contribution in [3.63, 3.8) is 0 Å². The number of benzene rings is 1. The first-order valence-corrected chi connectivity index (χ1v) is 7.86. The summed E-state index contributed by atoms with van der Waals surface area (Å²) >= 11 is 0. The fourth-order valence-electron chi connectivity index (χ4n) is 3.44. The number of likely N-dealkylation sites (tertiary alicyclic amines) is 1. The molecule has 4 nitrogen and oxygen atoms in total. The first-order valence-electron chi connectivity index (χ1n) is 7.86. The van der Waals surface area contributed by atoms with Crippen molar-refractivity contribution in [2.75, 3.05) is 20.1 Å². The molecule has 0 spiro atoms. The number of nitrogens with one attached hydrogen (secondary N) is 1. The number of nitrogens with zero attached hydrogens (tertiary/aromatic N) is 1. The van der Waals surface area contributed by atoms with E-state index in [0.717, 1.165) is 25.1 Å². The highest BCUT2D eigenvalue weighted by atomic mass is 16.4. The van der Waals surface area contributed by atoms with Crippen LogP contribution in [0.4, 0.5) is 0 Å². The predicted octanol–water partition coefficient (Wildman–Crippen LogP) is 2.45. The van der Waals surface area contributed by atoms with Crippen molar-refractivity contribution in [3.05, 3.63) is 35.9 Å². The molecule has 2 unspecified atom stereocenters. The molecule has 0 aliphatic carbocycles. The first-order chi connectivity index (χ1) is 10.1. The van der Waals surface area contributed by atoms with E-state index >= 15 is 0 Å². The number of carbonyl (C=O) groups is 1. The van der Waals surface area contributed by atoms with E-state index < -0.39 is 11.5 Å². The third-order valence-electron chi connectivity index (χ3n) is 4.80. The first kappa shape index (κ1) is 16.0. The Hall–Kier alpha value is -1.39. The average Bonchev–Trinajstić information content (AvgIpc) is 2.97. The quantitative estimate of drug-likeness (QED) is 0.810. The van der Waals surface area contributed by atoms with Gasteiger partial charge in [-0.15, -0.1) is 0 Å². The van der Waals surface area contributed by atoms with E-state index in [1.165, 1.54) is 12.8 Å². The van der Waals surface area contributed by atoms with E-state index in [0.29, 0.717) is 12.5 Å². The van der Waals surface area contributed by atoms with Gasteiger partial charge in [0.1, 0.15) is 5.54 Å². The summed E-state index contributed by atoms with van der Waals surface area (Å²) < 4.78 is 0. The van der Waals surface area contributed by atoms with Gasteiger partial charge in [0.15, 0.2) is 0 Å². The van der Waals surface area contributed by atoms with Crippen molar-refractivity contribution in [2.24, 2.45) is 0 Å². The zero-order valence-corrected chi connectivity index (χ0v) is 13.0. The highest BCUT2D eigenvalue weighted by molar-refractivity contribution is 5.80. The van der Waals surface area contributed by atoms with Gasteiger partial charge in [0.2, 0.25) is 0 Å². The Morgan fingerprint density at radius 2 is 2.14 bits per heavy atom. The van der Waals surface area contributed by atoms with Crippen LogP contribution < -0.4 is 5.32 Å². The Balaban J connectivity index is 2.16. The molecule has 116 valence electrons. The lowest BCUT2D eigenvalue weighted by Gasteiger charge is -2.33. The van der Waals surface area contributed by atoms with Crippen LogP contribution in [0.3, 0.4) is 0 Å². The molecule has 4 heteroatoms. The number of rotatable bonds is 7. The molecule has 2 N–H and O–H groups in total. The third kappa shape index (κ3) is 3.27. The van der Waals surface area contributed by atoms with E-state index in [4.69, 9.17) is 0 Å². The third-order valence-corrected chi connectivity index (χ3v) is 4.80. The molecule has 1 saturated heterocycles. The molecule has 1 aliphatic rings. The van der Waals surface area contributed by atoms with Gasteiger partial charge in [-0.3, -0.25) is 0 Å². The molecule has 0 amide bonds. The average molecular weight is 290 g/mol. The van der Waals surface area contributed by atoms with Gasteiger partial charge in [-0.1, -0.05) is 37.3 Å². The maximum atomic E-state index is 11.9. The predicted molar refractivity (Wildman–Crippen MR) is 84.3 cm³/mol. The van der Waals surface area contributed by atoms with E-state index in [2.05, 4.69) is 17.1 Å². The zero-order chi connectivity index (χ0) is 15.3. The molecule has 0 bridgehead atoms. The fourth-order valence-corrected chi connectivity index (χ4v) is 3.44. The standard InChI is InChI=1S/C17H26N2O2/c1-3-15-10-7-12-19(15)13-11-17(18-2,16(20)21)14-8-5-4-6-9-14/h4-6,8-9,15,18H,3,7,10-13H2,1-2H3,(H,20,21). The van der Waals surface area contributed by atoms with Gasteiger partial charge in [-0.2, -0.15) is 0 Å². The van der Waals surface area contributed by atoms with E-state index in [1.54, 1.807) is 7.05 Å². The smallest absolute Gasteiger partial charge is 0.328 e. The van der Waals surface area contributed by atoms with E-state index in [1.807, 2.05) is 30.3 Å². The topological polar surface area (TPSA) is 52.6 Å². The van der Waals surface area contributed by atoms with Crippen LogP contribution in [0.25, 0.3) is 0 Å². The number of carboxylic acids is 1. The molecular weight excluding hydrogens is 264 g/mol. The van der Waals surface area contributed by atoms with Crippen molar-refractivity contribution in [3.8, 4) is 0 Å². The van der Waals surface area contributed by atoms with Gasteiger partial charge in [-0.05, 0) is 44.8 Å². The maximum absolute atomic E-state index is 11.9. The largest absolute Gasteiger partial charge is 0.480 e. The molecule has 1 aliphatic heterocycles. The molecule has 2 rings (SSSR count). The van der Waals surface area contributed by atoms with Crippen molar-refractivity contribution < 1.29 is 9.90 Å². The lowest BCUT2D eigenvalue weighted by molar-refractivity contribution is -0.145. The SMILES string of the molecule is CCC1CCCN1CCC(NC)(C(=O)O)c1ccccc1. The van der Waals surface area contributed by atoms with E-state index in [-0.39, 0.29) is 0 Å². The van der Waals surface area contributed by atoms with Crippen LogP contribution in [0.5, 0.6) is 0 Å². The van der Waals surface area contributed by atoms with E-state index in [9.17, 15) is 9.90 Å². The Morgan fingerprint density at radius 1 is 1.43 bits per heavy atom. The second kappa shape index (κ2) is 7.05. The zero-order valence-electron chi connectivity index (χ0n) is 13.0. The lowest BCUT2D eigenvalue weighted by atomic mass is 9.86. The summed E-state index contributed by atoms with van der Waals surface area (Å²) in [5.41, 5.74) is -0.172. The van der Waals surface area contributed by atoms with Gasteiger partial charge in [0.05, 0.1) is 0 Å². The molecule has 1 heterocycles. The summed E-state index contributed by atoms with van der Waals surface area (Å²) in [6.45, 7) is 4.12. The van der Waals surface area contributed by atoms with Gasteiger partial charge in [0, 0.05) is 12.6 Å². The fraction of sp³-hybridized carbons (Fsp3) is 0.588.